The lowest BCUT2D eigenvalue weighted by Gasteiger charge is -2.04. The van der Waals surface area contributed by atoms with Gasteiger partial charge >= 0.3 is 0 Å². The fourth-order valence-corrected chi connectivity index (χ4v) is 1.10. The van der Waals surface area contributed by atoms with Gasteiger partial charge in [0.2, 0.25) is 0 Å². The van der Waals surface area contributed by atoms with Gasteiger partial charge in [0, 0.05) is 19.5 Å². The summed E-state index contributed by atoms with van der Waals surface area (Å²) in [5, 5.41) is 19.9. The van der Waals surface area contributed by atoms with Gasteiger partial charge in [-0.3, -0.25) is 0 Å². The van der Waals surface area contributed by atoms with E-state index in [0.29, 0.717) is 18.5 Å². The molecule has 0 aliphatic carbocycles. The molecular weight excluding hydrogens is 202 g/mol. The molecule has 1 aromatic rings. The van der Waals surface area contributed by atoms with Crippen LogP contribution in [0.2, 0.25) is 0 Å². The number of nitrogens with zero attached hydrogens (tertiary/aromatic N) is 1. The standard InChI is InChI=1S/C10H10F2N2O/c11-8-4-7(5-9(12)10(8)15)6-14-3-1-2-13/h4-5,14-15H,1,3,6H2. The molecule has 0 amide bonds. The molecule has 0 saturated heterocycles. The van der Waals surface area contributed by atoms with Crippen LogP contribution >= 0.6 is 0 Å². The van der Waals surface area contributed by atoms with Gasteiger partial charge in [0.25, 0.3) is 0 Å². The maximum absolute atomic E-state index is 12.8. The third-order valence-corrected chi connectivity index (χ3v) is 1.82. The van der Waals surface area contributed by atoms with Crippen LogP contribution in [0.5, 0.6) is 5.75 Å². The molecule has 0 unspecified atom stereocenters. The summed E-state index contributed by atoms with van der Waals surface area (Å²) in [6.07, 6.45) is 0.336. The Morgan fingerprint density at radius 2 is 1.93 bits per heavy atom. The third-order valence-electron chi connectivity index (χ3n) is 1.82. The van der Waals surface area contributed by atoms with Crippen molar-refractivity contribution in [1.82, 2.24) is 5.32 Å². The lowest BCUT2D eigenvalue weighted by atomic mass is 10.2. The summed E-state index contributed by atoms with van der Waals surface area (Å²) in [6.45, 7) is 0.719. The van der Waals surface area contributed by atoms with Crippen molar-refractivity contribution in [2.75, 3.05) is 6.54 Å². The molecule has 1 rings (SSSR count). The van der Waals surface area contributed by atoms with Crippen molar-refractivity contribution in [2.24, 2.45) is 0 Å². The van der Waals surface area contributed by atoms with E-state index in [-0.39, 0.29) is 6.54 Å². The van der Waals surface area contributed by atoms with Gasteiger partial charge < -0.3 is 10.4 Å². The van der Waals surface area contributed by atoms with Crippen LogP contribution < -0.4 is 5.32 Å². The maximum atomic E-state index is 12.8. The Morgan fingerprint density at radius 3 is 2.47 bits per heavy atom. The number of nitrogens with one attached hydrogen (secondary N) is 1. The lowest BCUT2D eigenvalue weighted by molar-refractivity contribution is 0.395. The molecule has 0 saturated carbocycles. The molecule has 3 nitrogen and oxygen atoms in total. The summed E-state index contributed by atoms with van der Waals surface area (Å²) in [5.41, 5.74) is 0.390. The fourth-order valence-electron chi connectivity index (χ4n) is 1.10. The van der Waals surface area contributed by atoms with Crippen molar-refractivity contribution in [1.29, 1.82) is 5.26 Å². The Labute approximate surface area is 86.0 Å². The minimum absolute atomic E-state index is 0.260. The van der Waals surface area contributed by atoms with Crippen molar-refractivity contribution in [2.45, 2.75) is 13.0 Å². The number of phenolic OH excluding ortho intramolecular Hbond substituents is 1. The lowest BCUT2D eigenvalue weighted by Crippen LogP contribution is -2.14. The van der Waals surface area contributed by atoms with E-state index in [0.717, 1.165) is 12.1 Å². The van der Waals surface area contributed by atoms with Crippen LogP contribution in [0.4, 0.5) is 8.78 Å². The Bertz CT molecular complexity index is 364. The van der Waals surface area contributed by atoms with E-state index in [2.05, 4.69) is 5.32 Å². The number of phenols is 1. The first kappa shape index (κ1) is 11.4. The molecule has 1 aromatic carbocycles. The highest BCUT2D eigenvalue weighted by Gasteiger charge is 2.08. The SMILES string of the molecule is N#CCCNCc1cc(F)c(O)c(F)c1. The molecular formula is C10H10F2N2O. The highest BCUT2D eigenvalue weighted by molar-refractivity contribution is 5.29. The quantitative estimate of drug-likeness (QED) is 0.746. The molecule has 2 N–H and O–H groups in total. The van der Waals surface area contributed by atoms with E-state index < -0.39 is 17.4 Å². The largest absolute Gasteiger partial charge is 0.503 e. The molecule has 0 radical (unpaired) electrons. The second kappa shape index (κ2) is 5.27. The fraction of sp³-hybridized carbons (Fsp3) is 0.300. The van der Waals surface area contributed by atoms with E-state index in [9.17, 15) is 8.78 Å². The normalized spacial score (nSPS) is 9.93. The molecule has 0 bridgehead atoms. The molecule has 80 valence electrons. The Kier molecular flexibility index (Phi) is 4.01. The predicted molar refractivity (Wildman–Crippen MR) is 50.0 cm³/mol. The molecule has 5 heteroatoms. The average Bonchev–Trinajstić information content (AvgIpc) is 2.21. The Hall–Kier alpha value is -1.67. The maximum Gasteiger partial charge on any atom is 0.187 e. The van der Waals surface area contributed by atoms with E-state index in [1.165, 1.54) is 0 Å². The predicted octanol–water partition coefficient (Wildman–Crippen LogP) is 1.67. The second-order valence-corrected chi connectivity index (χ2v) is 2.99. The van der Waals surface area contributed by atoms with Crippen molar-refractivity contribution in [3.63, 3.8) is 0 Å². The number of benzene rings is 1. The van der Waals surface area contributed by atoms with E-state index in [1.54, 1.807) is 0 Å². The average molecular weight is 212 g/mol. The molecule has 0 heterocycles. The summed E-state index contributed by atoms with van der Waals surface area (Å²) >= 11 is 0. The molecule has 0 spiro atoms. The van der Waals surface area contributed by atoms with Gasteiger partial charge in [0.05, 0.1) is 6.07 Å². The first-order chi connectivity index (χ1) is 7.15. The first-order valence-corrected chi connectivity index (χ1v) is 4.39. The molecule has 0 aliphatic rings. The van der Waals surface area contributed by atoms with E-state index >= 15 is 0 Å². The van der Waals surface area contributed by atoms with Crippen molar-refractivity contribution < 1.29 is 13.9 Å². The molecule has 0 atom stereocenters. The molecule has 0 fully saturated rings. The van der Waals surface area contributed by atoms with Crippen LogP contribution in [0, 0.1) is 23.0 Å². The highest BCUT2D eigenvalue weighted by Crippen LogP contribution is 2.21. The first-order valence-electron chi connectivity index (χ1n) is 4.39. The van der Waals surface area contributed by atoms with Crippen LogP contribution in [0.25, 0.3) is 0 Å². The number of rotatable bonds is 4. The summed E-state index contributed by atoms with van der Waals surface area (Å²) < 4.78 is 25.7. The zero-order chi connectivity index (χ0) is 11.3. The summed E-state index contributed by atoms with van der Waals surface area (Å²) in [5.74, 6) is -2.92. The zero-order valence-corrected chi connectivity index (χ0v) is 7.93. The monoisotopic (exact) mass is 212 g/mol. The van der Waals surface area contributed by atoms with Gasteiger partial charge in [0.15, 0.2) is 17.4 Å². The van der Waals surface area contributed by atoms with Crippen molar-refractivity contribution >= 4 is 0 Å². The smallest absolute Gasteiger partial charge is 0.187 e. The van der Waals surface area contributed by atoms with Gasteiger partial charge in [-0.05, 0) is 17.7 Å². The summed E-state index contributed by atoms with van der Waals surface area (Å²) in [6, 6.07) is 4.04. The van der Waals surface area contributed by atoms with Gasteiger partial charge in [-0.2, -0.15) is 5.26 Å². The van der Waals surface area contributed by atoms with Crippen LogP contribution in [0.3, 0.4) is 0 Å². The van der Waals surface area contributed by atoms with Gasteiger partial charge in [0.1, 0.15) is 0 Å². The van der Waals surface area contributed by atoms with Crippen LogP contribution in [-0.2, 0) is 6.54 Å². The van der Waals surface area contributed by atoms with Crippen LogP contribution in [0.15, 0.2) is 12.1 Å². The number of halogens is 2. The van der Waals surface area contributed by atoms with E-state index in [1.807, 2.05) is 6.07 Å². The van der Waals surface area contributed by atoms with E-state index in [4.69, 9.17) is 10.4 Å². The number of hydrogen-bond acceptors (Lipinski definition) is 3. The van der Waals surface area contributed by atoms with Crippen LogP contribution in [-0.4, -0.2) is 11.7 Å². The Balaban J connectivity index is 2.59. The zero-order valence-electron chi connectivity index (χ0n) is 7.93. The molecule has 15 heavy (non-hydrogen) atoms. The summed E-state index contributed by atoms with van der Waals surface area (Å²) in [4.78, 5) is 0. The summed E-state index contributed by atoms with van der Waals surface area (Å²) in [7, 11) is 0. The minimum Gasteiger partial charge on any atom is -0.503 e. The molecule has 0 aliphatic heterocycles. The van der Waals surface area contributed by atoms with Crippen LogP contribution in [0.1, 0.15) is 12.0 Å². The number of aromatic hydroxyl groups is 1. The Morgan fingerprint density at radius 1 is 1.33 bits per heavy atom. The van der Waals surface area contributed by atoms with Crippen molar-refractivity contribution in [3.05, 3.63) is 29.3 Å². The van der Waals surface area contributed by atoms with Gasteiger partial charge in [-0.25, -0.2) is 8.78 Å². The number of hydrogen-bond donors (Lipinski definition) is 2. The highest BCUT2D eigenvalue weighted by atomic mass is 19.1. The van der Waals surface area contributed by atoms with Gasteiger partial charge in [-0.1, -0.05) is 0 Å². The topological polar surface area (TPSA) is 56.0 Å². The number of nitriles is 1. The molecule has 0 aromatic heterocycles. The third kappa shape index (κ3) is 3.18. The minimum atomic E-state index is -0.980. The van der Waals surface area contributed by atoms with Crippen molar-refractivity contribution in [3.8, 4) is 11.8 Å². The van der Waals surface area contributed by atoms with Gasteiger partial charge in [-0.15, -0.1) is 0 Å². The second-order valence-electron chi connectivity index (χ2n) is 2.99.